The van der Waals surface area contributed by atoms with Gasteiger partial charge in [0, 0.05) is 29.1 Å². The highest BCUT2D eigenvalue weighted by Crippen LogP contribution is 2.31. The molecule has 0 fully saturated rings. The predicted molar refractivity (Wildman–Crippen MR) is 175 cm³/mol. The number of ether oxygens (including phenoxy) is 1. The van der Waals surface area contributed by atoms with Crippen LogP contribution in [0.1, 0.15) is 68.6 Å². The van der Waals surface area contributed by atoms with Gasteiger partial charge in [0.15, 0.2) is 4.34 Å². The number of hydrogen-bond donors (Lipinski definition) is 2. The van der Waals surface area contributed by atoms with Crippen molar-refractivity contribution in [2.45, 2.75) is 62.6 Å². The molecule has 0 unspecified atom stereocenters. The second-order valence-electron chi connectivity index (χ2n) is 10.1. The molecular weight excluding hydrogens is 585 g/mol. The van der Waals surface area contributed by atoms with Gasteiger partial charge in [-0.1, -0.05) is 69.7 Å². The highest BCUT2D eigenvalue weighted by molar-refractivity contribution is 8.01. The van der Waals surface area contributed by atoms with Gasteiger partial charge in [-0.15, -0.1) is 11.3 Å². The number of nitrogens with one attached hydrogen (secondary N) is 2. The third-order valence-corrected chi connectivity index (χ3v) is 8.84. The smallest absolute Gasteiger partial charge is 0.271 e. The van der Waals surface area contributed by atoms with Crippen molar-refractivity contribution in [3.8, 4) is 5.75 Å². The van der Waals surface area contributed by atoms with Crippen LogP contribution in [0, 0.1) is 10.1 Å². The van der Waals surface area contributed by atoms with Gasteiger partial charge < -0.3 is 15.4 Å². The quantitative estimate of drug-likeness (QED) is 0.0524. The molecule has 11 heteroatoms. The summed E-state index contributed by atoms with van der Waals surface area (Å²) in [5.74, 6) is 0.355. The first-order chi connectivity index (χ1) is 20.9. The first kappa shape index (κ1) is 32.0. The van der Waals surface area contributed by atoms with Gasteiger partial charge in [0.05, 0.1) is 27.5 Å². The fourth-order valence-electron chi connectivity index (χ4n) is 4.40. The van der Waals surface area contributed by atoms with Gasteiger partial charge in [-0.3, -0.25) is 19.7 Å². The van der Waals surface area contributed by atoms with Crippen molar-refractivity contribution in [2.24, 2.45) is 0 Å². The van der Waals surface area contributed by atoms with E-state index in [1.807, 2.05) is 24.3 Å². The van der Waals surface area contributed by atoms with Crippen LogP contribution >= 0.6 is 23.1 Å². The number of carbonyl (C=O) groups is 2. The summed E-state index contributed by atoms with van der Waals surface area (Å²) in [6, 6.07) is 18.5. The average Bonchev–Trinajstić information content (AvgIpc) is 3.42. The third-order valence-electron chi connectivity index (χ3n) is 6.68. The van der Waals surface area contributed by atoms with Crippen molar-refractivity contribution in [3.63, 3.8) is 0 Å². The van der Waals surface area contributed by atoms with Crippen LogP contribution in [-0.2, 0) is 4.79 Å². The van der Waals surface area contributed by atoms with E-state index < -0.39 is 4.92 Å². The van der Waals surface area contributed by atoms with Crippen molar-refractivity contribution in [1.29, 1.82) is 0 Å². The molecule has 4 rings (SSSR count). The van der Waals surface area contributed by atoms with Gasteiger partial charge in [-0.05, 0) is 55.0 Å². The van der Waals surface area contributed by atoms with E-state index in [1.165, 1.54) is 86.2 Å². The number of nitrogens with zero attached hydrogens (tertiary/aromatic N) is 2. The summed E-state index contributed by atoms with van der Waals surface area (Å²) in [6.45, 7) is 2.91. The molecule has 3 aromatic carbocycles. The maximum Gasteiger partial charge on any atom is 0.271 e. The van der Waals surface area contributed by atoms with Crippen LogP contribution < -0.4 is 15.4 Å². The Morgan fingerprint density at radius 1 is 0.907 bits per heavy atom. The predicted octanol–water partition coefficient (Wildman–Crippen LogP) is 8.71. The van der Waals surface area contributed by atoms with E-state index in [1.54, 1.807) is 24.3 Å². The van der Waals surface area contributed by atoms with Gasteiger partial charge in [0.25, 0.3) is 11.6 Å². The second-order valence-corrected chi connectivity index (χ2v) is 12.4. The molecule has 0 saturated carbocycles. The molecule has 0 atom stereocenters. The van der Waals surface area contributed by atoms with Crippen LogP contribution in [0.2, 0.25) is 0 Å². The number of nitro groups is 1. The Morgan fingerprint density at radius 3 is 2.37 bits per heavy atom. The van der Waals surface area contributed by atoms with Crippen molar-refractivity contribution < 1.29 is 19.2 Å². The Labute approximate surface area is 259 Å². The van der Waals surface area contributed by atoms with E-state index in [4.69, 9.17) is 4.74 Å². The van der Waals surface area contributed by atoms with Crippen LogP contribution in [0.25, 0.3) is 10.2 Å². The number of nitro benzene ring substituents is 1. The molecule has 1 aromatic heterocycles. The molecule has 0 saturated heterocycles. The van der Waals surface area contributed by atoms with Gasteiger partial charge in [-0.2, -0.15) is 0 Å². The number of anilines is 2. The molecule has 0 aliphatic heterocycles. The van der Waals surface area contributed by atoms with Crippen LogP contribution in [0.5, 0.6) is 5.75 Å². The van der Waals surface area contributed by atoms with Gasteiger partial charge in [-0.25, -0.2) is 4.98 Å². The lowest BCUT2D eigenvalue weighted by molar-refractivity contribution is -0.384. The molecular formula is C32H36N4O5S2. The number of amides is 2. The highest BCUT2D eigenvalue weighted by Gasteiger charge is 2.12. The molecule has 43 heavy (non-hydrogen) atoms. The van der Waals surface area contributed by atoms with Crippen molar-refractivity contribution >= 4 is 62.2 Å². The summed E-state index contributed by atoms with van der Waals surface area (Å²) >= 11 is 2.70. The number of aromatic nitrogens is 1. The fraction of sp³-hybridized carbons (Fsp3) is 0.344. The van der Waals surface area contributed by atoms with Crippen molar-refractivity contribution in [3.05, 3.63) is 82.4 Å². The summed E-state index contributed by atoms with van der Waals surface area (Å²) < 4.78 is 7.43. The molecule has 2 amide bonds. The van der Waals surface area contributed by atoms with Crippen LogP contribution in [0.3, 0.4) is 0 Å². The maximum atomic E-state index is 12.8. The number of thioether (sulfide) groups is 1. The van der Waals surface area contributed by atoms with Gasteiger partial charge in [0.2, 0.25) is 5.91 Å². The maximum absolute atomic E-state index is 12.8. The number of carbonyl (C=O) groups excluding carboxylic acids is 2. The average molecular weight is 621 g/mol. The highest BCUT2D eigenvalue weighted by atomic mass is 32.2. The molecule has 0 aliphatic carbocycles. The molecule has 0 radical (unpaired) electrons. The molecule has 0 aliphatic rings. The SMILES string of the molecule is CCCCCCCCCCOc1ccc(C(=O)Nc2ccc3nc(SCC(=O)Nc4cccc([N+](=O)[O-])c4)sc3c2)cc1. The zero-order chi connectivity index (χ0) is 30.4. The van der Waals surface area contributed by atoms with E-state index in [0.717, 1.165) is 22.4 Å². The first-order valence-electron chi connectivity index (χ1n) is 14.5. The number of thiazole rings is 1. The summed E-state index contributed by atoms with van der Waals surface area (Å²) in [7, 11) is 0. The lowest BCUT2D eigenvalue weighted by atomic mass is 10.1. The standard InChI is InChI=1S/C32H36N4O5S2/c1-2-3-4-5-6-7-8-9-19-41-27-16-13-23(14-17-27)31(38)34-25-15-18-28-29(21-25)43-32(35-28)42-22-30(37)33-24-11-10-12-26(20-24)36(39)40/h10-18,20-21H,2-9,19,22H2,1H3,(H,33,37)(H,34,38). The van der Waals surface area contributed by atoms with Crippen molar-refractivity contribution in [2.75, 3.05) is 23.0 Å². The minimum Gasteiger partial charge on any atom is -0.494 e. The lowest BCUT2D eigenvalue weighted by Crippen LogP contribution is -2.13. The number of non-ortho nitro benzene ring substituents is 1. The Kier molecular flexibility index (Phi) is 12.4. The molecule has 9 nitrogen and oxygen atoms in total. The lowest BCUT2D eigenvalue weighted by Gasteiger charge is -2.08. The fourth-order valence-corrected chi connectivity index (χ4v) is 6.30. The largest absolute Gasteiger partial charge is 0.494 e. The van der Waals surface area contributed by atoms with E-state index in [9.17, 15) is 19.7 Å². The summed E-state index contributed by atoms with van der Waals surface area (Å²) in [4.78, 5) is 40.2. The van der Waals surface area contributed by atoms with Crippen LogP contribution in [0.4, 0.5) is 17.1 Å². The summed E-state index contributed by atoms with van der Waals surface area (Å²) in [6.07, 6.45) is 10.0. The number of fused-ring (bicyclic) bond motifs is 1. The van der Waals surface area contributed by atoms with E-state index in [0.29, 0.717) is 27.9 Å². The van der Waals surface area contributed by atoms with Gasteiger partial charge >= 0.3 is 0 Å². The normalized spacial score (nSPS) is 10.9. The number of unbranched alkanes of at least 4 members (excludes halogenated alkanes) is 7. The zero-order valence-corrected chi connectivity index (χ0v) is 25.8. The summed E-state index contributed by atoms with van der Waals surface area (Å²) in [5.41, 5.74) is 2.23. The number of benzene rings is 3. The van der Waals surface area contributed by atoms with Crippen molar-refractivity contribution in [1.82, 2.24) is 4.98 Å². The van der Waals surface area contributed by atoms with Crippen LogP contribution in [0.15, 0.2) is 71.1 Å². The Morgan fingerprint density at radius 2 is 1.63 bits per heavy atom. The molecule has 226 valence electrons. The summed E-state index contributed by atoms with van der Waals surface area (Å²) in [5, 5.41) is 16.5. The topological polar surface area (TPSA) is 123 Å². The van der Waals surface area contributed by atoms with Gasteiger partial charge in [0.1, 0.15) is 5.75 Å². The van der Waals surface area contributed by atoms with E-state index >= 15 is 0 Å². The minimum absolute atomic E-state index is 0.0881. The van der Waals surface area contributed by atoms with E-state index in [-0.39, 0.29) is 23.3 Å². The first-order valence-corrected chi connectivity index (χ1v) is 16.3. The van der Waals surface area contributed by atoms with Crippen LogP contribution in [-0.4, -0.2) is 34.1 Å². The Hall–Kier alpha value is -3.96. The molecule has 0 spiro atoms. The molecule has 1 heterocycles. The zero-order valence-electron chi connectivity index (χ0n) is 24.2. The molecule has 2 N–H and O–H groups in total. The number of rotatable bonds is 17. The Bertz CT molecular complexity index is 1520. The monoisotopic (exact) mass is 620 g/mol. The molecule has 0 bridgehead atoms. The Balaban J connectivity index is 1.21. The van der Waals surface area contributed by atoms with E-state index in [2.05, 4.69) is 22.5 Å². The molecule has 4 aromatic rings. The second kappa shape index (κ2) is 16.6. The third kappa shape index (κ3) is 10.4. The minimum atomic E-state index is -0.507. The number of hydrogen-bond acceptors (Lipinski definition) is 8.